The van der Waals surface area contributed by atoms with Crippen molar-refractivity contribution in [2.75, 3.05) is 0 Å². The lowest BCUT2D eigenvalue weighted by molar-refractivity contribution is 0.890. The van der Waals surface area contributed by atoms with Gasteiger partial charge in [0.25, 0.3) is 0 Å². The van der Waals surface area contributed by atoms with Gasteiger partial charge in [0.1, 0.15) is 11.0 Å². The molecular formula is C14H11BrCl2N2. The zero-order valence-corrected chi connectivity index (χ0v) is 13.1. The minimum atomic E-state index is 0.501. The number of hydrogen-bond donors (Lipinski definition) is 0. The minimum absolute atomic E-state index is 0.501. The summed E-state index contributed by atoms with van der Waals surface area (Å²) in [6.45, 7) is 0. The monoisotopic (exact) mass is 356 g/mol. The molecule has 19 heavy (non-hydrogen) atoms. The van der Waals surface area contributed by atoms with E-state index in [1.807, 2.05) is 24.3 Å². The summed E-state index contributed by atoms with van der Waals surface area (Å²) >= 11 is 15.5. The van der Waals surface area contributed by atoms with Crippen LogP contribution in [-0.4, -0.2) is 9.97 Å². The molecule has 0 aliphatic heterocycles. The number of aromatic nitrogens is 2. The first kappa shape index (κ1) is 13.3. The van der Waals surface area contributed by atoms with Crippen LogP contribution in [0.2, 0.25) is 10.2 Å². The molecule has 1 fully saturated rings. The van der Waals surface area contributed by atoms with Gasteiger partial charge in [-0.2, -0.15) is 0 Å². The quantitative estimate of drug-likeness (QED) is 0.721. The standard InChI is InChI=1S/C14H11BrCl2N2/c15-12-13(9-3-4-9)18-11(19-14(12)17)7-8-1-5-10(16)6-2-8/h1-2,5-6,9H,3-4,7H2. The van der Waals surface area contributed by atoms with Gasteiger partial charge in [0.2, 0.25) is 0 Å². The van der Waals surface area contributed by atoms with E-state index in [1.165, 1.54) is 12.8 Å². The summed E-state index contributed by atoms with van der Waals surface area (Å²) in [7, 11) is 0. The fourth-order valence-electron chi connectivity index (χ4n) is 1.97. The third-order valence-electron chi connectivity index (χ3n) is 3.12. The number of rotatable bonds is 3. The van der Waals surface area contributed by atoms with E-state index in [2.05, 4.69) is 25.9 Å². The second kappa shape index (κ2) is 5.39. The Balaban J connectivity index is 1.90. The molecule has 0 unspecified atom stereocenters. The lowest BCUT2D eigenvalue weighted by atomic mass is 10.1. The van der Waals surface area contributed by atoms with Gasteiger partial charge < -0.3 is 0 Å². The summed E-state index contributed by atoms with van der Waals surface area (Å²) in [4.78, 5) is 8.97. The maximum atomic E-state index is 6.16. The number of benzene rings is 1. The highest BCUT2D eigenvalue weighted by Crippen LogP contribution is 2.43. The molecular weight excluding hydrogens is 347 g/mol. The van der Waals surface area contributed by atoms with Gasteiger partial charge >= 0.3 is 0 Å². The van der Waals surface area contributed by atoms with Crippen LogP contribution in [0.25, 0.3) is 0 Å². The Morgan fingerprint density at radius 3 is 2.42 bits per heavy atom. The van der Waals surface area contributed by atoms with Crippen LogP contribution in [0.3, 0.4) is 0 Å². The number of halogens is 3. The van der Waals surface area contributed by atoms with Crippen LogP contribution >= 0.6 is 39.1 Å². The van der Waals surface area contributed by atoms with Gasteiger partial charge in [-0.1, -0.05) is 35.3 Å². The molecule has 0 spiro atoms. The molecule has 0 radical (unpaired) electrons. The maximum absolute atomic E-state index is 6.16. The van der Waals surface area contributed by atoms with Crippen LogP contribution in [0.1, 0.15) is 35.8 Å². The zero-order valence-electron chi connectivity index (χ0n) is 10.0. The Morgan fingerprint density at radius 1 is 1.11 bits per heavy atom. The fourth-order valence-corrected chi connectivity index (χ4v) is 2.79. The molecule has 1 saturated carbocycles. The molecule has 0 N–H and O–H groups in total. The van der Waals surface area contributed by atoms with E-state index in [-0.39, 0.29) is 0 Å². The molecule has 5 heteroatoms. The van der Waals surface area contributed by atoms with Crippen LogP contribution in [0.4, 0.5) is 0 Å². The largest absolute Gasteiger partial charge is 0.236 e. The van der Waals surface area contributed by atoms with Gasteiger partial charge in [-0.05, 0) is 46.5 Å². The SMILES string of the molecule is Clc1ccc(Cc2nc(Cl)c(Br)c(C3CC3)n2)cc1. The molecule has 1 aliphatic carbocycles. The Labute approximate surface area is 130 Å². The normalized spacial score (nSPS) is 14.7. The van der Waals surface area contributed by atoms with E-state index in [9.17, 15) is 0 Å². The van der Waals surface area contributed by atoms with Crippen molar-refractivity contribution in [3.63, 3.8) is 0 Å². The first-order valence-corrected chi connectivity index (χ1v) is 7.64. The Hall–Kier alpha value is -0.640. The van der Waals surface area contributed by atoms with Crippen molar-refractivity contribution in [1.82, 2.24) is 9.97 Å². The van der Waals surface area contributed by atoms with Gasteiger partial charge in [-0.25, -0.2) is 9.97 Å². The molecule has 3 rings (SSSR count). The van der Waals surface area contributed by atoms with Crippen molar-refractivity contribution in [3.8, 4) is 0 Å². The first-order chi connectivity index (χ1) is 9.13. The molecule has 1 aromatic heterocycles. The van der Waals surface area contributed by atoms with E-state index in [0.29, 0.717) is 17.5 Å². The van der Waals surface area contributed by atoms with E-state index in [0.717, 1.165) is 26.6 Å². The van der Waals surface area contributed by atoms with Crippen LogP contribution in [0.5, 0.6) is 0 Å². The van der Waals surface area contributed by atoms with Gasteiger partial charge in [-0.15, -0.1) is 0 Å². The van der Waals surface area contributed by atoms with Crippen LogP contribution in [-0.2, 0) is 6.42 Å². The first-order valence-electron chi connectivity index (χ1n) is 6.10. The van der Waals surface area contributed by atoms with Gasteiger partial charge in [0.05, 0.1) is 10.2 Å². The summed E-state index contributed by atoms with van der Waals surface area (Å²) in [5.41, 5.74) is 2.17. The molecule has 2 aromatic rings. The second-order valence-electron chi connectivity index (χ2n) is 4.71. The molecule has 0 atom stereocenters. The van der Waals surface area contributed by atoms with Crippen LogP contribution in [0.15, 0.2) is 28.7 Å². The Bertz CT molecular complexity index is 610. The fraction of sp³-hybridized carbons (Fsp3) is 0.286. The molecule has 1 aliphatic rings. The van der Waals surface area contributed by atoms with Crippen LogP contribution < -0.4 is 0 Å². The van der Waals surface area contributed by atoms with E-state index in [1.54, 1.807) is 0 Å². The summed E-state index contributed by atoms with van der Waals surface area (Å²) in [5.74, 6) is 1.30. The van der Waals surface area contributed by atoms with E-state index in [4.69, 9.17) is 23.2 Å². The second-order valence-corrected chi connectivity index (χ2v) is 6.29. The predicted octanol–water partition coefficient (Wildman–Crippen LogP) is 5.01. The molecule has 1 heterocycles. The Kier molecular flexibility index (Phi) is 3.79. The summed E-state index contributed by atoms with van der Waals surface area (Å²) in [5, 5.41) is 1.23. The molecule has 0 saturated heterocycles. The van der Waals surface area contributed by atoms with Crippen molar-refractivity contribution >= 4 is 39.1 Å². The molecule has 2 nitrogen and oxygen atoms in total. The van der Waals surface area contributed by atoms with Crippen molar-refractivity contribution in [1.29, 1.82) is 0 Å². The summed E-state index contributed by atoms with van der Waals surface area (Å²) < 4.78 is 0.844. The highest BCUT2D eigenvalue weighted by atomic mass is 79.9. The van der Waals surface area contributed by atoms with Crippen molar-refractivity contribution in [3.05, 3.63) is 56.0 Å². The average molecular weight is 358 g/mol. The van der Waals surface area contributed by atoms with Crippen molar-refractivity contribution < 1.29 is 0 Å². The van der Waals surface area contributed by atoms with Crippen molar-refractivity contribution in [2.45, 2.75) is 25.2 Å². The number of hydrogen-bond acceptors (Lipinski definition) is 2. The number of nitrogens with zero attached hydrogens (tertiary/aromatic N) is 2. The summed E-state index contributed by atoms with van der Waals surface area (Å²) in [6.07, 6.45) is 3.04. The average Bonchev–Trinajstić information content (AvgIpc) is 3.21. The third kappa shape index (κ3) is 3.10. The zero-order chi connectivity index (χ0) is 13.4. The lowest BCUT2D eigenvalue weighted by Gasteiger charge is -2.07. The lowest BCUT2D eigenvalue weighted by Crippen LogP contribution is -2.02. The predicted molar refractivity (Wildman–Crippen MR) is 81.0 cm³/mol. The molecule has 0 amide bonds. The molecule has 98 valence electrons. The summed E-state index contributed by atoms with van der Waals surface area (Å²) in [6, 6.07) is 7.72. The Morgan fingerprint density at radius 2 is 1.79 bits per heavy atom. The molecule has 0 bridgehead atoms. The van der Waals surface area contributed by atoms with Gasteiger partial charge in [0, 0.05) is 17.4 Å². The molecule has 1 aromatic carbocycles. The highest BCUT2D eigenvalue weighted by Gasteiger charge is 2.29. The highest BCUT2D eigenvalue weighted by molar-refractivity contribution is 9.10. The minimum Gasteiger partial charge on any atom is -0.236 e. The smallest absolute Gasteiger partial charge is 0.147 e. The maximum Gasteiger partial charge on any atom is 0.147 e. The van der Waals surface area contributed by atoms with Crippen LogP contribution in [0, 0.1) is 0 Å². The van der Waals surface area contributed by atoms with Gasteiger partial charge in [0.15, 0.2) is 0 Å². The third-order valence-corrected chi connectivity index (χ3v) is 4.66. The van der Waals surface area contributed by atoms with E-state index < -0.39 is 0 Å². The van der Waals surface area contributed by atoms with E-state index >= 15 is 0 Å². The van der Waals surface area contributed by atoms with Crippen molar-refractivity contribution in [2.24, 2.45) is 0 Å². The topological polar surface area (TPSA) is 25.8 Å². The van der Waals surface area contributed by atoms with Gasteiger partial charge in [-0.3, -0.25) is 0 Å².